The fraction of sp³-hybridized carbons (Fsp3) is 1.00. The van der Waals surface area contributed by atoms with Gasteiger partial charge in [0.25, 0.3) is 0 Å². The van der Waals surface area contributed by atoms with E-state index in [0.29, 0.717) is 6.54 Å². The Hall–Kier alpha value is 1.21. The van der Waals surface area contributed by atoms with Crippen LogP contribution in [0.1, 0.15) is 0 Å². The van der Waals surface area contributed by atoms with Gasteiger partial charge in [-0.2, -0.15) is 0 Å². The molecule has 0 radical (unpaired) electrons. The summed E-state index contributed by atoms with van der Waals surface area (Å²) in [5.41, 5.74) is 4.78. The van der Waals surface area contributed by atoms with Gasteiger partial charge in [-0.05, 0) is 0 Å². The molecule has 0 saturated heterocycles. The Morgan fingerprint density at radius 2 is 1.67 bits per heavy atom. The normalized spacial score (nSPS) is 5.00. The fourth-order valence-electron chi connectivity index (χ4n) is 0. The summed E-state index contributed by atoms with van der Waals surface area (Å²) in [5, 5.41) is 7.75. The topological polar surface area (TPSA) is 46.2 Å². The summed E-state index contributed by atoms with van der Waals surface area (Å²) < 4.78 is 0. The molecule has 0 aromatic rings. The van der Waals surface area contributed by atoms with Gasteiger partial charge in [0.15, 0.2) is 0 Å². The molecule has 0 aliphatic rings. The fourth-order valence-corrected chi connectivity index (χ4v) is 0. The van der Waals surface area contributed by atoms with Crippen molar-refractivity contribution >= 4 is 42.0 Å². The first-order chi connectivity index (χ1) is 1.91. The van der Waals surface area contributed by atoms with Crippen LogP contribution in [0, 0.1) is 0 Å². The number of aliphatic hydroxyl groups is 1. The Bertz CT molecular complexity index is 15.5. The van der Waals surface area contributed by atoms with Crippen LogP contribution in [0.3, 0.4) is 0 Å². The van der Waals surface area contributed by atoms with E-state index in [-0.39, 0.29) is 48.6 Å². The quantitative estimate of drug-likeness (QED) is 0.424. The number of rotatable bonds is 1. The van der Waals surface area contributed by atoms with Crippen molar-refractivity contribution in [2.75, 3.05) is 13.2 Å². The van der Waals surface area contributed by atoms with Crippen molar-refractivity contribution in [2.45, 2.75) is 0 Å². The Morgan fingerprint density at radius 3 is 1.67 bits per heavy atom. The summed E-state index contributed by atoms with van der Waals surface area (Å²) >= 11 is 0. The average molecular weight is 122 g/mol. The summed E-state index contributed by atoms with van der Waals surface area (Å²) in [4.78, 5) is 0. The van der Waals surface area contributed by atoms with Crippen molar-refractivity contribution in [1.82, 2.24) is 0 Å². The zero-order valence-electron chi connectivity index (χ0n) is 2.85. The monoisotopic (exact) mass is 121 g/mol. The first-order valence-corrected chi connectivity index (χ1v) is 1.22. The van der Waals surface area contributed by atoms with Crippen LogP contribution >= 0.6 is 12.4 Å². The first kappa shape index (κ1) is 15.7. The summed E-state index contributed by atoms with van der Waals surface area (Å²) in [6, 6.07) is 0. The van der Waals surface area contributed by atoms with Crippen LogP contribution in [0.25, 0.3) is 0 Å². The number of hydrogen-bond donors (Lipinski definition) is 2. The molecular weight excluding hydrogens is 112 g/mol. The van der Waals surface area contributed by atoms with Crippen molar-refractivity contribution in [2.24, 2.45) is 5.73 Å². The van der Waals surface area contributed by atoms with Crippen molar-refractivity contribution in [3.63, 3.8) is 0 Å². The summed E-state index contributed by atoms with van der Waals surface area (Å²) in [7, 11) is 0. The van der Waals surface area contributed by atoms with E-state index in [9.17, 15) is 0 Å². The molecule has 4 heteroatoms. The van der Waals surface area contributed by atoms with E-state index in [1.165, 1.54) is 0 Å². The van der Waals surface area contributed by atoms with Crippen molar-refractivity contribution in [3.8, 4) is 0 Å². The average Bonchev–Trinajstić information content (AvgIpc) is 1.37. The van der Waals surface area contributed by atoms with Gasteiger partial charge in [0.2, 0.25) is 0 Å². The Labute approximate surface area is 65.8 Å². The maximum absolute atomic E-state index is 7.75. The van der Waals surface area contributed by atoms with E-state index in [0.717, 1.165) is 0 Å². The third kappa shape index (κ3) is 18.9. The van der Waals surface area contributed by atoms with Gasteiger partial charge in [-0.15, -0.1) is 12.4 Å². The number of halogens is 1. The van der Waals surface area contributed by atoms with E-state index in [1.807, 2.05) is 0 Å². The summed E-state index contributed by atoms with van der Waals surface area (Å²) in [6.45, 7) is 0.472. The molecule has 0 fully saturated rings. The van der Waals surface area contributed by atoms with E-state index >= 15 is 0 Å². The van der Waals surface area contributed by atoms with E-state index < -0.39 is 0 Å². The van der Waals surface area contributed by atoms with Crippen LogP contribution in [0.15, 0.2) is 0 Å². The standard InChI is InChI=1S/C2H7NO.ClH.Na.H/c3-1-2-4;;;/h4H,1-3H2;1H;;. The molecule has 0 unspecified atom stereocenters. The second kappa shape index (κ2) is 16.4. The number of aliphatic hydroxyl groups excluding tert-OH is 1. The number of nitrogens with two attached hydrogens (primary N) is 1. The van der Waals surface area contributed by atoms with E-state index in [1.54, 1.807) is 0 Å². The van der Waals surface area contributed by atoms with Gasteiger partial charge < -0.3 is 10.8 Å². The van der Waals surface area contributed by atoms with Crippen molar-refractivity contribution in [3.05, 3.63) is 0 Å². The second-order valence-corrected chi connectivity index (χ2v) is 0.512. The predicted octanol–water partition coefficient (Wildman–Crippen LogP) is -1.29. The molecule has 0 aromatic carbocycles. The van der Waals surface area contributed by atoms with E-state index in [2.05, 4.69) is 0 Å². The predicted molar refractivity (Wildman–Crippen MR) is 30.5 cm³/mol. The summed E-state index contributed by atoms with van der Waals surface area (Å²) in [5.74, 6) is 0. The number of hydrogen-bond acceptors (Lipinski definition) is 2. The van der Waals surface area contributed by atoms with Gasteiger partial charge in [0.05, 0.1) is 6.61 Å². The Kier molecular flexibility index (Phi) is 42.8. The molecule has 0 aliphatic heterocycles. The summed E-state index contributed by atoms with van der Waals surface area (Å²) in [6.07, 6.45) is 0. The van der Waals surface area contributed by atoms with Crippen LogP contribution in [-0.2, 0) is 0 Å². The Morgan fingerprint density at radius 1 is 1.50 bits per heavy atom. The molecule has 6 heavy (non-hydrogen) atoms. The van der Waals surface area contributed by atoms with Gasteiger partial charge in [-0.25, -0.2) is 0 Å². The molecule has 0 atom stereocenters. The maximum atomic E-state index is 7.75. The van der Waals surface area contributed by atoms with Gasteiger partial charge in [-0.3, -0.25) is 0 Å². The van der Waals surface area contributed by atoms with Crippen LogP contribution in [0.5, 0.6) is 0 Å². The molecule has 0 spiro atoms. The van der Waals surface area contributed by atoms with Crippen molar-refractivity contribution < 1.29 is 5.11 Å². The second-order valence-electron chi connectivity index (χ2n) is 0.512. The third-order valence-corrected chi connectivity index (χ3v) is 0.129. The SMILES string of the molecule is Cl.NCCO.[NaH]. The molecular formula is C2H9ClNNaO. The molecule has 36 valence electrons. The molecule has 2 nitrogen and oxygen atoms in total. The van der Waals surface area contributed by atoms with Crippen LogP contribution in [0.4, 0.5) is 0 Å². The molecule has 0 bridgehead atoms. The van der Waals surface area contributed by atoms with Crippen LogP contribution in [0.2, 0.25) is 0 Å². The molecule has 0 aromatic heterocycles. The molecule has 0 rings (SSSR count). The molecule has 0 saturated carbocycles. The zero-order chi connectivity index (χ0) is 3.41. The Balaban J connectivity index is -0.0000000450. The van der Waals surface area contributed by atoms with Gasteiger partial charge in [-0.1, -0.05) is 0 Å². The van der Waals surface area contributed by atoms with Gasteiger partial charge in [0, 0.05) is 6.54 Å². The van der Waals surface area contributed by atoms with Gasteiger partial charge in [0.1, 0.15) is 0 Å². The molecule has 0 amide bonds. The van der Waals surface area contributed by atoms with Crippen LogP contribution in [-0.4, -0.2) is 47.8 Å². The molecule has 3 N–H and O–H groups in total. The molecule has 0 heterocycles. The first-order valence-electron chi connectivity index (χ1n) is 1.22. The van der Waals surface area contributed by atoms with E-state index in [4.69, 9.17) is 10.8 Å². The molecule has 0 aliphatic carbocycles. The minimum absolute atomic E-state index is 0. The van der Waals surface area contributed by atoms with Crippen LogP contribution < -0.4 is 5.73 Å². The third-order valence-electron chi connectivity index (χ3n) is 0.129. The zero-order valence-corrected chi connectivity index (χ0v) is 3.66. The minimum atomic E-state index is 0. The van der Waals surface area contributed by atoms with Crippen molar-refractivity contribution in [1.29, 1.82) is 0 Å². The van der Waals surface area contributed by atoms with Gasteiger partial charge >= 0.3 is 29.6 Å².